The van der Waals surface area contributed by atoms with Crippen LogP contribution in [0.4, 0.5) is 4.79 Å². The van der Waals surface area contributed by atoms with Crippen LogP contribution in [0.15, 0.2) is 23.7 Å². The molecule has 1 saturated heterocycles. The summed E-state index contributed by atoms with van der Waals surface area (Å²) in [6, 6.07) is 2.54. The molecular formula is C14H15N5O3S. The van der Waals surface area contributed by atoms with Crippen LogP contribution < -0.4 is 16.0 Å². The minimum Gasteiger partial charge on any atom is -0.350 e. The lowest BCUT2D eigenvalue weighted by molar-refractivity contribution is -0.123. The molecule has 4 amide bonds. The summed E-state index contributed by atoms with van der Waals surface area (Å²) in [5.74, 6) is -0.708. The van der Waals surface area contributed by atoms with Gasteiger partial charge in [-0.1, -0.05) is 6.07 Å². The minimum absolute atomic E-state index is 0.128. The highest BCUT2D eigenvalue weighted by Crippen LogP contribution is 2.25. The van der Waals surface area contributed by atoms with E-state index in [4.69, 9.17) is 0 Å². The first-order valence-corrected chi connectivity index (χ1v) is 7.95. The number of hydrogen-bond donors (Lipinski definition) is 4. The van der Waals surface area contributed by atoms with Crippen LogP contribution in [-0.4, -0.2) is 34.1 Å². The number of urea groups is 1. The second-order valence-electron chi connectivity index (χ2n) is 5.08. The van der Waals surface area contributed by atoms with Crippen LogP contribution in [-0.2, 0) is 16.1 Å². The van der Waals surface area contributed by atoms with E-state index in [0.29, 0.717) is 0 Å². The van der Waals surface area contributed by atoms with Gasteiger partial charge in [-0.15, -0.1) is 11.3 Å². The highest BCUT2D eigenvalue weighted by atomic mass is 32.1. The van der Waals surface area contributed by atoms with Gasteiger partial charge in [-0.2, -0.15) is 5.10 Å². The van der Waals surface area contributed by atoms with Gasteiger partial charge in [0.1, 0.15) is 6.04 Å². The summed E-state index contributed by atoms with van der Waals surface area (Å²) < 4.78 is 0. The van der Waals surface area contributed by atoms with E-state index in [2.05, 4.69) is 26.1 Å². The van der Waals surface area contributed by atoms with E-state index in [1.165, 1.54) is 0 Å². The zero-order chi connectivity index (χ0) is 16.2. The zero-order valence-electron chi connectivity index (χ0n) is 12.1. The van der Waals surface area contributed by atoms with Crippen molar-refractivity contribution in [1.29, 1.82) is 0 Å². The van der Waals surface area contributed by atoms with Gasteiger partial charge in [0, 0.05) is 18.5 Å². The number of thiophene rings is 1. The Morgan fingerprint density at radius 3 is 3.09 bits per heavy atom. The number of H-pyrrole nitrogens is 1. The highest BCUT2D eigenvalue weighted by Gasteiger charge is 2.26. The van der Waals surface area contributed by atoms with Crippen molar-refractivity contribution in [3.8, 4) is 10.6 Å². The van der Waals surface area contributed by atoms with Crippen molar-refractivity contribution in [3.63, 3.8) is 0 Å². The van der Waals surface area contributed by atoms with Crippen LogP contribution in [0.3, 0.4) is 0 Å². The SMILES string of the molecule is O=C1CC[C@H](C(=O)NCc2cn[nH]c2-c2cccs2)NC(=O)N1. The maximum absolute atomic E-state index is 12.2. The number of rotatable bonds is 4. The molecule has 8 nitrogen and oxygen atoms in total. The third-order valence-electron chi connectivity index (χ3n) is 3.47. The summed E-state index contributed by atoms with van der Waals surface area (Å²) in [7, 11) is 0. The lowest BCUT2D eigenvalue weighted by Crippen LogP contribution is -2.48. The molecule has 3 heterocycles. The number of aromatic amines is 1. The van der Waals surface area contributed by atoms with Crippen molar-refractivity contribution < 1.29 is 14.4 Å². The van der Waals surface area contributed by atoms with Gasteiger partial charge in [-0.25, -0.2) is 4.79 Å². The predicted octanol–water partition coefficient (Wildman–Crippen LogP) is 0.743. The Morgan fingerprint density at radius 2 is 2.30 bits per heavy atom. The molecule has 0 unspecified atom stereocenters. The van der Waals surface area contributed by atoms with Gasteiger partial charge in [-0.05, 0) is 17.9 Å². The summed E-state index contributed by atoms with van der Waals surface area (Å²) >= 11 is 1.57. The first-order valence-electron chi connectivity index (χ1n) is 7.07. The Balaban J connectivity index is 1.62. The van der Waals surface area contributed by atoms with E-state index in [9.17, 15) is 14.4 Å². The van der Waals surface area contributed by atoms with Crippen LogP contribution in [0, 0.1) is 0 Å². The molecule has 0 aromatic carbocycles. The fourth-order valence-electron chi connectivity index (χ4n) is 2.31. The molecule has 0 spiro atoms. The first kappa shape index (κ1) is 15.2. The van der Waals surface area contributed by atoms with Crippen molar-refractivity contribution in [1.82, 2.24) is 26.1 Å². The van der Waals surface area contributed by atoms with Gasteiger partial charge in [0.05, 0.1) is 16.8 Å². The smallest absolute Gasteiger partial charge is 0.322 e. The van der Waals surface area contributed by atoms with Crippen LogP contribution in [0.25, 0.3) is 10.6 Å². The molecule has 1 fully saturated rings. The van der Waals surface area contributed by atoms with E-state index >= 15 is 0 Å². The molecule has 0 bridgehead atoms. The van der Waals surface area contributed by atoms with Gasteiger partial charge in [-0.3, -0.25) is 20.0 Å². The maximum atomic E-state index is 12.2. The maximum Gasteiger partial charge on any atom is 0.322 e. The molecule has 4 N–H and O–H groups in total. The number of imide groups is 1. The predicted molar refractivity (Wildman–Crippen MR) is 83.4 cm³/mol. The molecule has 9 heteroatoms. The summed E-state index contributed by atoms with van der Waals surface area (Å²) in [6.07, 6.45) is 2.06. The Hall–Kier alpha value is -2.68. The topological polar surface area (TPSA) is 116 Å². The lowest BCUT2D eigenvalue weighted by atomic mass is 10.1. The molecule has 2 aromatic rings. The number of carbonyl (C=O) groups excluding carboxylic acids is 3. The standard InChI is InChI=1S/C14H15N5O3S/c20-11-4-3-9(17-14(22)18-11)13(21)15-6-8-7-16-19-12(8)10-2-1-5-23-10/h1-2,5,7,9H,3-4,6H2,(H,15,21)(H,16,19)(H2,17,18,20,22)/t9-/m1/s1. The monoisotopic (exact) mass is 333 g/mol. The molecule has 1 aliphatic rings. The van der Waals surface area contributed by atoms with Gasteiger partial charge in [0.15, 0.2) is 0 Å². The third-order valence-corrected chi connectivity index (χ3v) is 4.36. The normalized spacial score (nSPS) is 18.0. The first-order chi connectivity index (χ1) is 11.1. The van der Waals surface area contributed by atoms with E-state index in [0.717, 1.165) is 16.1 Å². The van der Waals surface area contributed by atoms with Crippen molar-refractivity contribution in [2.24, 2.45) is 0 Å². The van der Waals surface area contributed by atoms with E-state index in [1.807, 2.05) is 17.5 Å². The molecule has 1 aliphatic heterocycles. The van der Waals surface area contributed by atoms with E-state index in [-0.39, 0.29) is 31.2 Å². The quantitative estimate of drug-likeness (QED) is 0.660. The Kier molecular flexibility index (Phi) is 4.38. The summed E-state index contributed by atoms with van der Waals surface area (Å²) in [5.41, 5.74) is 1.72. The number of nitrogens with one attached hydrogen (secondary N) is 4. The molecule has 120 valence electrons. The zero-order valence-corrected chi connectivity index (χ0v) is 12.9. The van der Waals surface area contributed by atoms with E-state index in [1.54, 1.807) is 17.5 Å². The molecular weight excluding hydrogens is 318 g/mol. The lowest BCUT2D eigenvalue weighted by Gasteiger charge is -2.14. The number of hydrogen-bond acceptors (Lipinski definition) is 5. The van der Waals surface area contributed by atoms with Crippen LogP contribution >= 0.6 is 11.3 Å². The van der Waals surface area contributed by atoms with Crippen LogP contribution in [0.1, 0.15) is 18.4 Å². The van der Waals surface area contributed by atoms with Gasteiger partial charge in [0.2, 0.25) is 11.8 Å². The average Bonchev–Trinajstić information content (AvgIpc) is 3.16. The van der Waals surface area contributed by atoms with E-state index < -0.39 is 12.1 Å². The van der Waals surface area contributed by atoms with Crippen LogP contribution in [0.2, 0.25) is 0 Å². The molecule has 0 aliphatic carbocycles. The van der Waals surface area contributed by atoms with Crippen molar-refractivity contribution in [2.75, 3.05) is 0 Å². The van der Waals surface area contributed by atoms with Crippen molar-refractivity contribution >= 4 is 29.2 Å². The largest absolute Gasteiger partial charge is 0.350 e. The number of aromatic nitrogens is 2. The molecule has 0 radical (unpaired) electrons. The fourth-order valence-corrected chi connectivity index (χ4v) is 3.07. The fraction of sp³-hybridized carbons (Fsp3) is 0.286. The molecule has 23 heavy (non-hydrogen) atoms. The second-order valence-corrected chi connectivity index (χ2v) is 6.03. The molecule has 0 saturated carbocycles. The van der Waals surface area contributed by atoms with Gasteiger partial charge < -0.3 is 10.6 Å². The Labute approximate surface area is 135 Å². The van der Waals surface area contributed by atoms with Crippen molar-refractivity contribution in [3.05, 3.63) is 29.3 Å². The number of nitrogens with zero attached hydrogens (tertiary/aromatic N) is 1. The van der Waals surface area contributed by atoms with Crippen LogP contribution in [0.5, 0.6) is 0 Å². The Morgan fingerprint density at radius 1 is 1.43 bits per heavy atom. The highest BCUT2D eigenvalue weighted by molar-refractivity contribution is 7.13. The van der Waals surface area contributed by atoms with Gasteiger partial charge in [0.25, 0.3) is 0 Å². The van der Waals surface area contributed by atoms with Crippen molar-refractivity contribution in [2.45, 2.75) is 25.4 Å². The number of amides is 4. The average molecular weight is 333 g/mol. The number of carbonyl (C=O) groups is 3. The summed E-state index contributed by atoms with van der Waals surface area (Å²) in [6.45, 7) is 0.288. The second kappa shape index (κ2) is 6.61. The molecule has 2 aromatic heterocycles. The van der Waals surface area contributed by atoms with Gasteiger partial charge >= 0.3 is 6.03 Å². The summed E-state index contributed by atoms with van der Waals surface area (Å²) in [5, 5.41) is 16.3. The summed E-state index contributed by atoms with van der Waals surface area (Å²) in [4.78, 5) is 35.9. The molecule has 3 rings (SSSR count). The molecule has 1 atom stereocenters. The minimum atomic E-state index is -0.724. The Bertz CT molecular complexity index is 725. The third kappa shape index (κ3) is 3.57.